The Labute approximate surface area is 116 Å². The van der Waals surface area contributed by atoms with Gasteiger partial charge in [0.05, 0.1) is 0 Å². The molecule has 0 saturated carbocycles. The fourth-order valence-electron chi connectivity index (χ4n) is 1.16. The fraction of sp³-hybridized carbons (Fsp3) is 0.700. The Hall–Kier alpha value is -0.910. The van der Waals surface area contributed by atoms with E-state index in [4.69, 9.17) is 26.4 Å². The van der Waals surface area contributed by atoms with Crippen molar-refractivity contribution in [3.05, 3.63) is 0 Å². The number of hydrogen-bond donors (Lipinski definition) is 2. The fourth-order valence-corrected chi connectivity index (χ4v) is 2.54. The molecule has 0 aromatic carbocycles. The van der Waals surface area contributed by atoms with Gasteiger partial charge in [-0.3, -0.25) is 0 Å². The Balaban J connectivity index is 4.05. The van der Waals surface area contributed by atoms with Crippen molar-refractivity contribution in [3.63, 3.8) is 0 Å². The number of aliphatic carboxylic acids is 1. The standard InChI is InChI=1S/C10H19ClNO6P/c1-2-3-4-5-9(15)17-19(11,12)18-10(16)7-6-8(13)14/h19H,2-7,12H2,1H3,(H,13,14). The van der Waals surface area contributed by atoms with Crippen molar-refractivity contribution >= 4 is 36.4 Å². The van der Waals surface area contributed by atoms with Crippen LogP contribution in [0.25, 0.3) is 0 Å². The summed E-state index contributed by atoms with van der Waals surface area (Å²) in [5.74, 6) is -2.66. The SMILES string of the molecule is CCCCCC(=O)O[PH](N)(Cl)OC(=O)CCC(=O)O. The van der Waals surface area contributed by atoms with Gasteiger partial charge in [0, 0.05) is 0 Å². The van der Waals surface area contributed by atoms with Crippen LogP contribution in [0.5, 0.6) is 0 Å². The first kappa shape index (κ1) is 18.1. The predicted molar refractivity (Wildman–Crippen MR) is 71.6 cm³/mol. The third-order valence-electron chi connectivity index (χ3n) is 2.03. The summed E-state index contributed by atoms with van der Waals surface area (Å²) < 4.78 is 9.32. The van der Waals surface area contributed by atoms with E-state index in [9.17, 15) is 14.4 Å². The van der Waals surface area contributed by atoms with Crippen molar-refractivity contribution < 1.29 is 28.5 Å². The van der Waals surface area contributed by atoms with Crippen molar-refractivity contribution in [2.24, 2.45) is 5.50 Å². The number of hydrogen-bond acceptors (Lipinski definition) is 6. The van der Waals surface area contributed by atoms with E-state index in [-0.39, 0.29) is 12.8 Å². The van der Waals surface area contributed by atoms with E-state index in [0.717, 1.165) is 12.8 Å². The minimum atomic E-state index is -3.88. The van der Waals surface area contributed by atoms with Crippen molar-refractivity contribution in [1.82, 2.24) is 0 Å². The van der Waals surface area contributed by atoms with E-state index in [0.29, 0.717) is 6.42 Å². The molecule has 9 heteroatoms. The summed E-state index contributed by atoms with van der Waals surface area (Å²) in [6.45, 7) is 1.99. The number of carboxylic acid groups (broad SMARTS) is 1. The van der Waals surface area contributed by atoms with Gasteiger partial charge in [0.25, 0.3) is 0 Å². The maximum atomic E-state index is 11.3. The normalized spacial score (nSPS) is 11.7. The number of halogens is 1. The molecule has 112 valence electrons. The Morgan fingerprint density at radius 2 is 1.63 bits per heavy atom. The van der Waals surface area contributed by atoms with Gasteiger partial charge >= 0.3 is 116 Å². The Morgan fingerprint density at radius 3 is 2.11 bits per heavy atom. The van der Waals surface area contributed by atoms with Crippen LogP contribution in [0.4, 0.5) is 0 Å². The molecule has 0 fully saturated rings. The Morgan fingerprint density at radius 1 is 1.11 bits per heavy atom. The predicted octanol–water partition coefficient (Wildman–Crippen LogP) is 2.13. The van der Waals surface area contributed by atoms with Gasteiger partial charge in [0.1, 0.15) is 0 Å². The van der Waals surface area contributed by atoms with Gasteiger partial charge < -0.3 is 0 Å². The quantitative estimate of drug-likeness (QED) is 0.494. The second kappa shape index (κ2) is 9.07. The first-order valence-electron chi connectivity index (χ1n) is 5.90. The van der Waals surface area contributed by atoms with E-state index < -0.39 is 31.5 Å². The van der Waals surface area contributed by atoms with Gasteiger partial charge in [0.2, 0.25) is 0 Å². The van der Waals surface area contributed by atoms with Gasteiger partial charge in [-0.15, -0.1) is 0 Å². The first-order chi connectivity index (χ1) is 8.76. The molecule has 0 radical (unpaired) electrons. The topological polar surface area (TPSA) is 116 Å². The van der Waals surface area contributed by atoms with Crippen LogP contribution in [0, 0.1) is 0 Å². The van der Waals surface area contributed by atoms with Gasteiger partial charge in [0.15, 0.2) is 0 Å². The van der Waals surface area contributed by atoms with Crippen LogP contribution in [0.2, 0.25) is 0 Å². The van der Waals surface area contributed by atoms with E-state index in [2.05, 4.69) is 4.52 Å². The Kier molecular flexibility index (Phi) is 8.63. The third-order valence-corrected chi connectivity index (χ3v) is 3.51. The molecule has 0 aliphatic carbocycles. The third kappa shape index (κ3) is 10.7. The average molecular weight is 316 g/mol. The molecule has 0 saturated heterocycles. The first-order valence-corrected chi connectivity index (χ1v) is 8.80. The van der Waals surface area contributed by atoms with Crippen LogP contribution in [-0.4, -0.2) is 23.0 Å². The molecule has 0 atom stereocenters. The van der Waals surface area contributed by atoms with Crippen molar-refractivity contribution in [2.75, 3.05) is 0 Å². The van der Waals surface area contributed by atoms with Crippen LogP contribution in [0.1, 0.15) is 45.4 Å². The zero-order chi connectivity index (χ0) is 14.9. The molecule has 19 heavy (non-hydrogen) atoms. The van der Waals surface area contributed by atoms with Gasteiger partial charge in [-0.2, -0.15) is 0 Å². The van der Waals surface area contributed by atoms with Crippen LogP contribution < -0.4 is 5.50 Å². The van der Waals surface area contributed by atoms with Crippen LogP contribution in [0.15, 0.2) is 0 Å². The molecule has 0 unspecified atom stereocenters. The molecular formula is C10H19ClNO6P. The number of rotatable bonds is 9. The zero-order valence-corrected chi connectivity index (χ0v) is 12.4. The summed E-state index contributed by atoms with van der Waals surface area (Å²) in [5.41, 5.74) is 5.40. The summed E-state index contributed by atoms with van der Waals surface area (Å²) in [7, 11) is -3.88. The summed E-state index contributed by atoms with van der Waals surface area (Å²) in [6.07, 6.45) is 1.84. The molecule has 0 heterocycles. The number of carbonyl (C=O) groups is 3. The molecule has 3 N–H and O–H groups in total. The van der Waals surface area contributed by atoms with E-state index >= 15 is 0 Å². The number of unbranched alkanes of at least 4 members (excludes halogenated alkanes) is 2. The van der Waals surface area contributed by atoms with Crippen LogP contribution in [0.3, 0.4) is 0 Å². The summed E-state index contributed by atoms with van der Waals surface area (Å²) in [6, 6.07) is 0. The van der Waals surface area contributed by atoms with Gasteiger partial charge in [-0.05, 0) is 0 Å². The second-order valence-corrected chi connectivity index (χ2v) is 7.04. The molecule has 0 rings (SSSR count). The zero-order valence-electron chi connectivity index (χ0n) is 10.7. The number of carbonyl (C=O) groups excluding carboxylic acids is 2. The second-order valence-electron chi connectivity index (χ2n) is 3.88. The van der Waals surface area contributed by atoms with Crippen molar-refractivity contribution in [3.8, 4) is 0 Å². The molecule has 0 aromatic rings. The molecule has 0 amide bonds. The minimum absolute atomic E-state index is 0.152. The summed E-state index contributed by atoms with van der Waals surface area (Å²) in [5, 5.41) is 8.38. The maximum absolute atomic E-state index is 11.3. The van der Waals surface area contributed by atoms with Crippen molar-refractivity contribution in [1.29, 1.82) is 0 Å². The van der Waals surface area contributed by atoms with E-state index in [1.54, 1.807) is 0 Å². The summed E-state index contributed by atoms with van der Waals surface area (Å²) in [4.78, 5) is 32.8. The molecule has 7 nitrogen and oxygen atoms in total. The molecule has 0 spiro atoms. The van der Waals surface area contributed by atoms with E-state index in [1.165, 1.54) is 0 Å². The molecule has 0 aliphatic rings. The van der Waals surface area contributed by atoms with Gasteiger partial charge in [-0.25, -0.2) is 0 Å². The summed E-state index contributed by atoms with van der Waals surface area (Å²) >= 11 is 5.64. The molecular weight excluding hydrogens is 297 g/mol. The van der Waals surface area contributed by atoms with Gasteiger partial charge in [-0.1, -0.05) is 0 Å². The molecule has 0 bridgehead atoms. The molecule has 0 aromatic heterocycles. The van der Waals surface area contributed by atoms with E-state index in [1.807, 2.05) is 6.92 Å². The molecule has 0 aliphatic heterocycles. The number of carboxylic acids is 1. The monoisotopic (exact) mass is 315 g/mol. The number of nitrogens with two attached hydrogens (primary N) is 1. The Bertz CT molecular complexity index is 336. The van der Waals surface area contributed by atoms with Crippen LogP contribution in [-0.2, 0) is 23.4 Å². The van der Waals surface area contributed by atoms with Crippen LogP contribution >= 0.6 is 18.5 Å². The van der Waals surface area contributed by atoms with Crippen molar-refractivity contribution in [2.45, 2.75) is 45.4 Å². The average Bonchev–Trinajstić information content (AvgIpc) is 2.25.